The van der Waals surface area contributed by atoms with E-state index in [1.165, 1.54) is 30.5 Å². The fraction of sp³-hybridized carbons (Fsp3) is 0.571. The molecule has 1 aliphatic rings. The number of hydrogen-bond donors (Lipinski definition) is 1. The van der Waals surface area contributed by atoms with E-state index in [9.17, 15) is 4.39 Å². The van der Waals surface area contributed by atoms with Gasteiger partial charge in [-0.1, -0.05) is 12.1 Å². The van der Waals surface area contributed by atoms with Gasteiger partial charge in [-0.2, -0.15) is 11.8 Å². The lowest BCUT2D eigenvalue weighted by atomic mass is 10.0. The average molecular weight is 268 g/mol. The van der Waals surface area contributed by atoms with Crippen LogP contribution in [0.1, 0.15) is 24.4 Å². The predicted octanol–water partition coefficient (Wildman–Crippen LogP) is 2.65. The van der Waals surface area contributed by atoms with Crippen molar-refractivity contribution in [3.63, 3.8) is 0 Å². The van der Waals surface area contributed by atoms with Crippen LogP contribution in [0.3, 0.4) is 0 Å². The topological polar surface area (TPSA) is 29.3 Å². The van der Waals surface area contributed by atoms with E-state index in [0.29, 0.717) is 0 Å². The highest BCUT2D eigenvalue weighted by atomic mass is 32.2. The number of nitrogens with zero attached hydrogens (tertiary/aromatic N) is 1. The minimum atomic E-state index is -0.200. The first-order valence-corrected chi connectivity index (χ1v) is 7.72. The van der Waals surface area contributed by atoms with Crippen molar-refractivity contribution in [2.45, 2.75) is 18.9 Å². The highest BCUT2D eigenvalue weighted by Crippen LogP contribution is 2.17. The normalized spacial score (nSPS) is 19.4. The van der Waals surface area contributed by atoms with E-state index in [0.717, 1.165) is 25.1 Å². The molecular weight excluding hydrogens is 247 g/mol. The molecule has 1 fully saturated rings. The Bertz CT molecular complexity index is 365. The van der Waals surface area contributed by atoms with Crippen molar-refractivity contribution in [2.24, 2.45) is 5.73 Å². The molecule has 1 aromatic rings. The van der Waals surface area contributed by atoms with E-state index in [1.54, 1.807) is 12.1 Å². The standard InChI is InChI=1S/C14H21FN2S/c15-13-4-1-3-12(11-13)14(16)5-7-17-6-2-9-18-10-8-17/h1,3-4,11,14H,2,5-10,16H2. The SMILES string of the molecule is NC(CCN1CCCSCC1)c1cccc(F)c1. The summed E-state index contributed by atoms with van der Waals surface area (Å²) in [5.41, 5.74) is 7.02. The molecule has 0 amide bonds. The number of rotatable bonds is 4. The molecule has 100 valence electrons. The Morgan fingerprint density at radius 3 is 3.06 bits per heavy atom. The van der Waals surface area contributed by atoms with Crippen molar-refractivity contribution in [3.8, 4) is 0 Å². The summed E-state index contributed by atoms with van der Waals surface area (Å²) in [6, 6.07) is 6.58. The summed E-state index contributed by atoms with van der Waals surface area (Å²) in [6.45, 7) is 3.33. The van der Waals surface area contributed by atoms with Crippen LogP contribution in [0.4, 0.5) is 4.39 Å². The second-order valence-corrected chi connectivity index (χ2v) is 5.98. The van der Waals surface area contributed by atoms with Crippen LogP contribution in [0, 0.1) is 5.82 Å². The molecule has 0 radical (unpaired) electrons. The van der Waals surface area contributed by atoms with Crippen LogP contribution in [-0.4, -0.2) is 36.0 Å². The van der Waals surface area contributed by atoms with Gasteiger partial charge in [-0.15, -0.1) is 0 Å². The monoisotopic (exact) mass is 268 g/mol. The van der Waals surface area contributed by atoms with E-state index in [2.05, 4.69) is 4.90 Å². The lowest BCUT2D eigenvalue weighted by Crippen LogP contribution is -2.29. The Kier molecular flexibility index (Phi) is 5.47. The van der Waals surface area contributed by atoms with Crippen LogP contribution in [0.2, 0.25) is 0 Å². The summed E-state index contributed by atoms with van der Waals surface area (Å²) < 4.78 is 13.1. The van der Waals surface area contributed by atoms with Crippen LogP contribution < -0.4 is 5.73 Å². The van der Waals surface area contributed by atoms with Gasteiger partial charge in [0, 0.05) is 18.3 Å². The molecule has 4 heteroatoms. The molecule has 0 saturated carbocycles. The second kappa shape index (κ2) is 7.12. The lowest BCUT2D eigenvalue weighted by Gasteiger charge is -2.21. The van der Waals surface area contributed by atoms with Gasteiger partial charge in [-0.25, -0.2) is 4.39 Å². The molecule has 0 bridgehead atoms. The Morgan fingerprint density at radius 1 is 1.33 bits per heavy atom. The molecule has 1 unspecified atom stereocenters. The summed E-state index contributed by atoms with van der Waals surface area (Å²) in [4.78, 5) is 2.47. The van der Waals surface area contributed by atoms with Gasteiger partial charge >= 0.3 is 0 Å². The van der Waals surface area contributed by atoms with Gasteiger partial charge in [0.1, 0.15) is 5.82 Å². The number of thioether (sulfide) groups is 1. The van der Waals surface area contributed by atoms with Crippen molar-refractivity contribution >= 4 is 11.8 Å². The van der Waals surface area contributed by atoms with Gasteiger partial charge in [0.25, 0.3) is 0 Å². The van der Waals surface area contributed by atoms with E-state index >= 15 is 0 Å². The molecule has 18 heavy (non-hydrogen) atoms. The lowest BCUT2D eigenvalue weighted by molar-refractivity contribution is 0.283. The van der Waals surface area contributed by atoms with E-state index < -0.39 is 0 Å². The predicted molar refractivity (Wildman–Crippen MR) is 76.3 cm³/mol. The Labute approximate surface area is 113 Å². The molecule has 1 atom stereocenters. The highest BCUT2D eigenvalue weighted by Gasteiger charge is 2.12. The maximum atomic E-state index is 13.1. The summed E-state index contributed by atoms with van der Waals surface area (Å²) in [5, 5.41) is 0. The maximum absolute atomic E-state index is 13.1. The zero-order chi connectivity index (χ0) is 12.8. The average Bonchev–Trinajstić information content (AvgIpc) is 2.64. The fourth-order valence-electron chi connectivity index (χ4n) is 2.25. The summed E-state index contributed by atoms with van der Waals surface area (Å²) in [5.74, 6) is 2.29. The molecule has 1 aromatic carbocycles. The van der Waals surface area contributed by atoms with Crippen molar-refractivity contribution in [2.75, 3.05) is 31.1 Å². The molecule has 1 heterocycles. The molecule has 0 aliphatic carbocycles. The van der Waals surface area contributed by atoms with Crippen molar-refractivity contribution in [3.05, 3.63) is 35.6 Å². The minimum absolute atomic E-state index is 0.0587. The van der Waals surface area contributed by atoms with Gasteiger partial charge in [0.05, 0.1) is 0 Å². The van der Waals surface area contributed by atoms with Gasteiger partial charge in [-0.05, 0) is 49.4 Å². The first-order valence-electron chi connectivity index (χ1n) is 6.57. The van der Waals surface area contributed by atoms with E-state index in [-0.39, 0.29) is 11.9 Å². The highest BCUT2D eigenvalue weighted by molar-refractivity contribution is 7.99. The summed E-state index contributed by atoms with van der Waals surface area (Å²) in [7, 11) is 0. The summed E-state index contributed by atoms with van der Waals surface area (Å²) in [6.07, 6.45) is 2.16. The molecule has 2 rings (SSSR count). The Hall–Kier alpha value is -0.580. The van der Waals surface area contributed by atoms with E-state index in [1.807, 2.05) is 17.8 Å². The van der Waals surface area contributed by atoms with Crippen LogP contribution in [0.25, 0.3) is 0 Å². The van der Waals surface area contributed by atoms with Crippen molar-refractivity contribution < 1.29 is 4.39 Å². The zero-order valence-electron chi connectivity index (χ0n) is 10.6. The largest absolute Gasteiger partial charge is 0.324 e. The maximum Gasteiger partial charge on any atom is 0.123 e. The number of halogens is 1. The molecular formula is C14H21FN2S. The van der Waals surface area contributed by atoms with Gasteiger partial charge in [0.15, 0.2) is 0 Å². The van der Waals surface area contributed by atoms with Crippen LogP contribution in [0.15, 0.2) is 24.3 Å². The Balaban J connectivity index is 1.82. The van der Waals surface area contributed by atoms with Crippen molar-refractivity contribution in [1.29, 1.82) is 0 Å². The third-order valence-corrected chi connectivity index (χ3v) is 4.40. The zero-order valence-corrected chi connectivity index (χ0v) is 11.5. The number of nitrogens with two attached hydrogens (primary N) is 1. The molecule has 0 spiro atoms. The molecule has 1 saturated heterocycles. The van der Waals surface area contributed by atoms with E-state index in [4.69, 9.17) is 5.73 Å². The van der Waals surface area contributed by atoms with Crippen LogP contribution >= 0.6 is 11.8 Å². The molecule has 2 nitrogen and oxygen atoms in total. The third kappa shape index (κ3) is 4.26. The first-order chi connectivity index (χ1) is 8.75. The van der Waals surface area contributed by atoms with Gasteiger partial charge in [0.2, 0.25) is 0 Å². The quantitative estimate of drug-likeness (QED) is 0.910. The first kappa shape index (κ1) is 13.8. The third-order valence-electron chi connectivity index (χ3n) is 3.35. The minimum Gasteiger partial charge on any atom is -0.324 e. The molecule has 0 aromatic heterocycles. The summed E-state index contributed by atoms with van der Waals surface area (Å²) >= 11 is 2.03. The molecule has 1 aliphatic heterocycles. The Morgan fingerprint density at radius 2 is 2.22 bits per heavy atom. The number of hydrogen-bond acceptors (Lipinski definition) is 3. The van der Waals surface area contributed by atoms with Gasteiger partial charge in [-0.3, -0.25) is 0 Å². The van der Waals surface area contributed by atoms with Gasteiger partial charge < -0.3 is 10.6 Å². The molecule has 2 N–H and O–H groups in total. The second-order valence-electron chi connectivity index (χ2n) is 4.76. The fourth-order valence-corrected chi connectivity index (χ4v) is 3.17. The van der Waals surface area contributed by atoms with Crippen molar-refractivity contribution in [1.82, 2.24) is 4.90 Å². The van der Waals surface area contributed by atoms with Crippen LogP contribution in [0.5, 0.6) is 0 Å². The number of benzene rings is 1. The van der Waals surface area contributed by atoms with Crippen LogP contribution in [-0.2, 0) is 0 Å². The smallest absolute Gasteiger partial charge is 0.123 e.